The fourth-order valence-electron chi connectivity index (χ4n) is 4.02. The van der Waals surface area contributed by atoms with E-state index in [-0.39, 0.29) is 17.9 Å². The van der Waals surface area contributed by atoms with E-state index in [0.717, 1.165) is 63.2 Å². The zero-order valence-corrected chi connectivity index (χ0v) is 16.3. The number of anilines is 1. The van der Waals surface area contributed by atoms with E-state index in [1.54, 1.807) is 6.20 Å². The number of likely N-dealkylation sites (tertiary alicyclic amines) is 1. The van der Waals surface area contributed by atoms with Crippen LogP contribution in [0.2, 0.25) is 0 Å². The second-order valence-electron chi connectivity index (χ2n) is 7.74. The lowest BCUT2D eigenvalue weighted by Gasteiger charge is -2.35. The van der Waals surface area contributed by atoms with Crippen LogP contribution in [0.25, 0.3) is 0 Å². The van der Waals surface area contributed by atoms with E-state index in [2.05, 4.69) is 20.5 Å². The highest BCUT2D eigenvalue weighted by Crippen LogP contribution is 2.22. The van der Waals surface area contributed by atoms with Gasteiger partial charge in [-0.1, -0.05) is 0 Å². The molecule has 150 valence electrons. The fraction of sp³-hybridized carbons (Fsp3) is 0.700. The first kappa shape index (κ1) is 20.0. The number of ether oxygens (including phenoxy) is 1. The maximum Gasteiger partial charge on any atom is 0.224 e. The van der Waals surface area contributed by atoms with E-state index >= 15 is 0 Å². The highest BCUT2D eigenvalue weighted by molar-refractivity contribution is 5.79. The molecule has 3 heterocycles. The number of carbonyl (C=O) groups is 1. The normalized spacial score (nSPS) is 25.0. The van der Waals surface area contributed by atoms with Crippen molar-refractivity contribution in [1.29, 1.82) is 0 Å². The minimum atomic E-state index is 0.0176. The number of hydrogen-bond donors (Lipinski definition) is 3. The molecule has 0 spiro atoms. The molecule has 0 aliphatic carbocycles. The van der Waals surface area contributed by atoms with Crippen molar-refractivity contribution in [2.75, 3.05) is 44.7 Å². The Bertz CT molecular complexity index is 606. The molecule has 4 N–H and O–H groups in total. The van der Waals surface area contributed by atoms with Crippen molar-refractivity contribution in [3.8, 4) is 0 Å². The number of nitrogens with zero attached hydrogens (tertiary/aromatic N) is 2. The summed E-state index contributed by atoms with van der Waals surface area (Å²) in [6.45, 7) is 6.65. The summed E-state index contributed by atoms with van der Waals surface area (Å²) >= 11 is 0. The number of aryl methyl sites for hydroxylation is 1. The second-order valence-corrected chi connectivity index (χ2v) is 7.74. The molecule has 7 nitrogen and oxygen atoms in total. The maximum atomic E-state index is 12.7. The molecule has 0 saturated carbocycles. The number of rotatable bonds is 6. The molecule has 0 radical (unpaired) electrons. The van der Waals surface area contributed by atoms with Gasteiger partial charge in [-0.05, 0) is 44.2 Å². The summed E-state index contributed by atoms with van der Waals surface area (Å²) in [5.74, 6) is 0.165. The summed E-state index contributed by atoms with van der Waals surface area (Å²) in [4.78, 5) is 19.2. The maximum absolute atomic E-state index is 12.7. The molecule has 3 rings (SSSR count). The SMILES string of the molecule is Cc1cnccc1NCCNC(=O)[C@@H]1CC[C@H](N)CN(C2CCOCC2)C1. The summed E-state index contributed by atoms with van der Waals surface area (Å²) in [6, 6.07) is 2.60. The minimum Gasteiger partial charge on any atom is -0.383 e. The number of nitrogens with two attached hydrogens (primary N) is 1. The van der Waals surface area contributed by atoms with E-state index in [9.17, 15) is 4.79 Å². The topological polar surface area (TPSA) is 92.5 Å². The molecule has 2 atom stereocenters. The standard InChI is InChI=1S/C20H33N5O2/c1-15-12-22-7-4-19(15)23-8-9-24-20(26)16-2-3-17(21)14-25(13-16)18-5-10-27-11-6-18/h4,7,12,16-18H,2-3,5-6,8-11,13-14,21H2,1H3,(H,22,23)(H,24,26)/t16-,17+/m1/s1. The highest BCUT2D eigenvalue weighted by Gasteiger charge is 2.31. The number of nitrogens with one attached hydrogen (secondary N) is 2. The third-order valence-electron chi connectivity index (χ3n) is 5.65. The van der Waals surface area contributed by atoms with Gasteiger partial charge in [-0.3, -0.25) is 14.7 Å². The van der Waals surface area contributed by atoms with Gasteiger partial charge < -0.3 is 21.1 Å². The fourth-order valence-corrected chi connectivity index (χ4v) is 4.02. The molecular weight excluding hydrogens is 342 g/mol. The van der Waals surface area contributed by atoms with Crippen molar-refractivity contribution in [2.24, 2.45) is 11.7 Å². The van der Waals surface area contributed by atoms with E-state index in [0.29, 0.717) is 19.1 Å². The van der Waals surface area contributed by atoms with Gasteiger partial charge in [-0.15, -0.1) is 0 Å². The van der Waals surface area contributed by atoms with Gasteiger partial charge >= 0.3 is 0 Å². The number of amides is 1. The van der Waals surface area contributed by atoms with E-state index in [4.69, 9.17) is 10.5 Å². The first-order valence-electron chi connectivity index (χ1n) is 10.1. The zero-order chi connectivity index (χ0) is 19.1. The summed E-state index contributed by atoms with van der Waals surface area (Å²) in [7, 11) is 0. The predicted octanol–water partition coefficient (Wildman–Crippen LogP) is 1.14. The lowest BCUT2D eigenvalue weighted by Crippen LogP contribution is -2.47. The number of pyridine rings is 1. The Morgan fingerprint density at radius 2 is 2.07 bits per heavy atom. The van der Waals surface area contributed by atoms with Gasteiger partial charge in [0.25, 0.3) is 0 Å². The molecule has 1 amide bonds. The van der Waals surface area contributed by atoms with Crippen LogP contribution in [0, 0.1) is 12.8 Å². The summed E-state index contributed by atoms with van der Waals surface area (Å²) in [5, 5.41) is 6.45. The van der Waals surface area contributed by atoms with Crippen LogP contribution in [-0.4, -0.2) is 67.3 Å². The Morgan fingerprint density at radius 3 is 2.85 bits per heavy atom. The van der Waals surface area contributed by atoms with Crippen molar-refractivity contribution >= 4 is 11.6 Å². The molecule has 2 aliphatic heterocycles. The van der Waals surface area contributed by atoms with Gasteiger partial charge in [0.2, 0.25) is 5.91 Å². The van der Waals surface area contributed by atoms with Gasteiger partial charge in [0.05, 0.1) is 5.92 Å². The van der Waals surface area contributed by atoms with Gasteiger partial charge in [0.1, 0.15) is 0 Å². The first-order valence-corrected chi connectivity index (χ1v) is 10.1. The van der Waals surface area contributed by atoms with Gasteiger partial charge in [-0.2, -0.15) is 0 Å². The Hall–Kier alpha value is -1.70. The summed E-state index contributed by atoms with van der Waals surface area (Å²) in [5.41, 5.74) is 8.44. The van der Waals surface area contributed by atoms with Crippen LogP contribution < -0.4 is 16.4 Å². The van der Waals surface area contributed by atoms with Crippen LogP contribution >= 0.6 is 0 Å². The average molecular weight is 376 g/mol. The third kappa shape index (κ3) is 5.89. The molecule has 0 bridgehead atoms. The minimum absolute atomic E-state index is 0.0176. The monoisotopic (exact) mass is 375 g/mol. The predicted molar refractivity (Wildman–Crippen MR) is 107 cm³/mol. The smallest absolute Gasteiger partial charge is 0.224 e. The van der Waals surface area contributed by atoms with E-state index < -0.39 is 0 Å². The molecule has 7 heteroatoms. The van der Waals surface area contributed by atoms with Crippen molar-refractivity contribution in [3.63, 3.8) is 0 Å². The van der Waals surface area contributed by atoms with Crippen molar-refractivity contribution < 1.29 is 9.53 Å². The van der Waals surface area contributed by atoms with E-state index in [1.807, 2.05) is 19.2 Å². The molecule has 2 aliphatic rings. The average Bonchev–Trinajstić information content (AvgIpc) is 2.89. The molecule has 1 aromatic rings. The third-order valence-corrected chi connectivity index (χ3v) is 5.65. The lowest BCUT2D eigenvalue weighted by atomic mass is 10.0. The number of aromatic nitrogens is 1. The highest BCUT2D eigenvalue weighted by atomic mass is 16.5. The molecule has 2 fully saturated rings. The Labute approximate surface area is 162 Å². The molecule has 2 saturated heterocycles. The number of carbonyl (C=O) groups excluding carboxylic acids is 1. The summed E-state index contributed by atoms with van der Waals surface area (Å²) < 4.78 is 5.49. The largest absolute Gasteiger partial charge is 0.383 e. The van der Waals surface area contributed by atoms with E-state index in [1.165, 1.54) is 0 Å². The molecule has 0 aromatic carbocycles. The number of hydrogen-bond acceptors (Lipinski definition) is 6. The van der Waals surface area contributed by atoms with Gasteiger partial charge in [0, 0.05) is 69.6 Å². The molecule has 1 aromatic heterocycles. The van der Waals surface area contributed by atoms with Crippen molar-refractivity contribution in [2.45, 2.75) is 44.7 Å². The molecule has 27 heavy (non-hydrogen) atoms. The van der Waals surface area contributed by atoms with Crippen LogP contribution in [-0.2, 0) is 9.53 Å². The van der Waals surface area contributed by atoms with Gasteiger partial charge in [0.15, 0.2) is 0 Å². The van der Waals surface area contributed by atoms with Crippen LogP contribution in [0.1, 0.15) is 31.2 Å². The Balaban J connectivity index is 1.46. The van der Waals surface area contributed by atoms with Crippen molar-refractivity contribution in [3.05, 3.63) is 24.0 Å². The van der Waals surface area contributed by atoms with Crippen LogP contribution in [0.4, 0.5) is 5.69 Å². The van der Waals surface area contributed by atoms with Crippen LogP contribution in [0.5, 0.6) is 0 Å². The molecular formula is C20H33N5O2. The van der Waals surface area contributed by atoms with Crippen molar-refractivity contribution in [1.82, 2.24) is 15.2 Å². The zero-order valence-electron chi connectivity index (χ0n) is 16.3. The Kier molecular flexibility index (Phi) is 7.43. The first-order chi connectivity index (χ1) is 13.1. The summed E-state index contributed by atoms with van der Waals surface area (Å²) in [6.07, 6.45) is 7.45. The quantitative estimate of drug-likeness (QED) is 0.646. The van der Waals surface area contributed by atoms with Crippen LogP contribution in [0.3, 0.4) is 0 Å². The lowest BCUT2D eigenvalue weighted by molar-refractivity contribution is -0.125. The van der Waals surface area contributed by atoms with Crippen LogP contribution in [0.15, 0.2) is 18.5 Å². The Morgan fingerprint density at radius 1 is 1.26 bits per heavy atom. The van der Waals surface area contributed by atoms with Gasteiger partial charge in [-0.25, -0.2) is 0 Å². The molecule has 0 unspecified atom stereocenters. The second kappa shape index (κ2) is 10.0.